The topological polar surface area (TPSA) is 49.6 Å². The first kappa shape index (κ1) is 13.1. The standard InChI is InChI=1S/C14H21N3O/c1-11-5-3-4-6-12(11)13(9-15)17-8-7-16(2)14(18)10-17/h3-6,13H,7-10,15H2,1-2H3. The van der Waals surface area contributed by atoms with Gasteiger partial charge in [-0.25, -0.2) is 0 Å². The van der Waals surface area contributed by atoms with Gasteiger partial charge in [-0.15, -0.1) is 0 Å². The summed E-state index contributed by atoms with van der Waals surface area (Å²) in [6, 6.07) is 8.40. The molecular weight excluding hydrogens is 226 g/mol. The van der Waals surface area contributed by atoms with Crippen LogP contribution in [0.1, 0.15) is 17.2 Å². The van der Waals surface area contributed by atoms with Gasteiger partial charge in [-0.2, -0.15) is 0 Å². The summed E-state index contributed by atoms with van der Waals surface area (Å²) >= 11 is 0. The van der Waals surface area contributed by atoms with Gasteiger partial charge in [0.05, 0.1) is 6.54 Å². The Bertz CT molecular complexity index is 433. The van der Waals surface area contributed by atoms with Crippen molar-refractivity contribution in [3.63, 3.8) is 0 Å². The van der Waals surface area contributed by atoms with Gasteiger partial charge in [0.2, 0.25) is 5.91 Å². The molecule has 0 spiro atoms. The number of nitrogens with zero attached hydrogens (tertiary/aromatic N) is 2. The second-order valence-electron chi connectivity index (χ2n) is 4.89. The van der Waals surface area contributed by atoms with Gasteiger partial charge in [0.25, 0.3) is 0 Å². The highest BCUT2D eigenvalue weighted by Gasteiger charge is 2.27. The van der Waals surface area contributed by atoms with Crippen molar-refractivity contribution in [2.45, 2.75) is 13.0 Å². The smallest absolute Gasteiger partial charge is 0.236 e. The molecule has 18 heavy (non-hydrogen) atoms. The van der Waals surface area contributed by atoms with Crippen LogP contribution in [0.2, 0.25) is 0 Å². The molecule has 0 saturated carbocycles. The Morgan fingerprint density at radius 3 is 2.67 bits per heavy atom. The van der Waals surface area contributed by atoms with E-state index in [0.29, 0.717) is 13.1 Å². The lowest BCUT2D eigenvalue weighted by atomic mass is 9.99. The fourth-order valence-corrected chi connectivity index (χ4v) is 2.48. The highest BCUT2D eigenvalue weighted by atomic mass is 16.2. The van der Waals surface area contributed by atoms with Gasteiger partial charge in [-0.3, -0.25) is 9.69 Å². The molecule has 0 aliphatic carbocycles. The van der Waals surface area contributed by atoms with Gasteiger partial charge in [-0.05, 0) is 18.1 Å². The first-order valence-electron chi connectivity index (χ1n) is 6.37. The van der Waals surface area contributed by atoms with Crippen molar-refractivity contribution >= 4 is 5.91 Å². The van der Waals surface area contributed by atoms with Crippen LogP contribution >= 0.6 is 0 Å². The largest absolute Gasteiger partial charge is 0.343 e. The van der Waals surface area contributed by atoms with Crippen molar-refractivity contribution in [2.24, 2.45) is 5.73 Å². The quantitative estimate of drug-likeness (QED) is 0.858. The fraction of sp³-hybridized carbons (Fsp3) is 0.500. The third-order valence-corrected chi connectivity index (χ3v) is 3.70. The van der Waals surface area contributed by atoms with Crippen LogP contribution in [0.3, 0.4) is 0 Å². The number of piperazine rings is 1. The zero-order chi connectivity index (χ0) is 13.1. The number of amides is 1. The van der Waals surface area contributed by atoms with Crippen LogP contribution in [0.5, 0.6) is 0 Å². The van der Waals surface area contributed by atoms with E-state index in [0.717, 1.165) is 13.1 Å². The molecule has 0 aromatic heterocycles. The van der Waals surface area contributed by atoms with Crippen LogP contribution < -0.4 is 5.73 Å². The fourth-order valence-electron chi connectivity index (χ4n) is 2.48. The molecule has 4 heteroatoms. The van der Waals surface area contributed by atoms with Gasteiger partial charge in [-0.1, -0.05) is 24.3 Å². The molecule has 1 aliphatic heterocycles. The Balaban J connectivity index is 2.19. The second-order valence-corrected chi connectivity index (χ2v) is 4.89. The third-order valence-electron chi connectivity index (χ3n) is 3.70. The summed E-state index contributed by atoms with van der Waals surface area (Å²) in [6.07, 6.45) is 0. The predicted molar refractivity (Wildman–Crippen MR) is 72.2 cm³/mol. The average Bonchev–Trinajstić information content (AvgIpc) is 2.37. The van der Waals surface area contributed by atoms with Gasteiger partial charge in [0.15, 0.2) is 0 Å². The van der Waals surface area contributed by atoms with Crippen LogP contribution in [0.25, 0.3) is 0 Å². The normalized spacial score (nSPS) is 19.1. The summed E-state index contributed by atoms with van der Waals surface area (Å²) in [5.41, 5.74) is 8.39. The van der Waals surface area contributed by atoms with Gasteiger partial charge >= 0.3 is 0 Å². The highest BCUT2D eigenvalue weighted by Crippen LogP contribution is 2.24. The Kier molecular flexibility index (Phi) is 3.99. The maximum absolute atomic E-state index is 11.8. The molecule has 1 heterocycles. The lowest BCUT2D eigenvalue weighted by Gasteiger charge is -2.37. The Morgan fingerprint density at radius 2 is 2.06 bits per heavy atom. The Morgan fingerprint density at radius 1 is 1.33 bits per heavy atom. The maximum atomic E-state index is 11.8. The molecule has 1 saturated heterocycles. The number of hydrogen-bond acceptors (Lipinski definition) is 3. The first-order chi connectivity index (χ1) is 8.63. The number of rotatable bonds is 3. The van der Waals surface area contributed by atoms with Crippen LogP contribution in [0.15, 0.2) is 24.3 Å². The number of carbonyl (C=O) groups is 1. The zero-order valence-electron chi connectivity index (χ0n) is 11.1. The number of carbonyl (C=O) groups excluding carboxylic acids is 1. The minimum absolute atomic E-state index is 0.142. The number of likely N-dealkylation sites (N-methyl/N-ethyl adjacent to an activating group) is 1. The van der Waals surface area contributed by atoms with Gasteiger partial charge in [0, 0.05) is 32.7 Å². The minimum atomic E-state index is 0.142. The molecule has 98 valence electrons. The molecule has 0 bridgehead atoms. The summed E-state index contributed by atoms with van der Waals surface area (Å²) in [7, 11) is 1.85. The summed E-state index contributed by atoms with van der Waals surface area (Å²) in [6.45, 7) is 4.77. The molecular formula is C14H21N3O. The molecule has 0 radical (unpaired) electrons. The summed E-state index contributed by atoms with van der Waals surface area (Å²) in [5, 5.41) is 0. The number of benzene rings is 1. The van der Waals surface area contributed by atoms with E-state index >= 15 is 0 Å². The van der Waals surface area contributed by atoms with Crippen molar-refractivity contribution in [1.82, 2.24) is 9.80 Å². The first-order valence-corrected chi connectivity index (χ1v) is 6.37. The number of aryl methyl sites for hydroxylation is 1. The van der Waals surface area contributed by atoms with Crippen molar-refractivity contribution in [2.75, 3.05) is 33.2 Å². The molecule has 1 atom stereocenters. The van der Waals surface area contributed by atoms with Crippen molar-refractivity contribution in [3.05, 3.63) is 35.4 Å². The van der Waals surface area contributed by atoms with E-state index in [1.165, 1.54) is 11.1 Å². The summed E-state index contributed by atoms with van der Waals surface area (Å²) in [5.74, 6) is 0.174. The second kappa shape index (κ2) is 5.50. The van der Waals surface area contributed by atoms with Crippen LogP contribution in [0.4, 0.5) is 0 Å². The van der Waals surface area contributed by atoms with Crippen LogP contribution in [-0.2, 0) is 4.79 Å². The van der Waals surface area contributed by atoms with E-state index in [1.54, 1.807) is 4.90 Å². The molecule has 1 fully saturated rings. The molecule has 1 aliphatic rings. The van der Waals surface area contributed by atoms with Crippen molar-refractivity contribution < 1.29 is 4.79 Å². The molecule has 1 aromatic carbocycles. The zero-order valence-corrected chi connectivity index (χ0v) is 11.1. The Hall–Kier alpha value is -1.39. The molecule has 1 aromatic rings. The van der Waals surface area contributed by atoms with Crippen LogP contribution in [0, 0.1) is 6.92 Å². The SMILES string of the molecule is Cc1ccccc1C(CN)N1CCN(C)C(=O)C1. The predicted octanol–water partition coefficient (Wildman–Crippen LogP) is 0.769. The summed E-state index contributed by atoms with van der Waals surface area (Å²) < 4.78 is 0. The molecule has 4 nitrogen and oxygen atoms in total. The lowest BCUT2D eigenvalue weighted by Crippen LogP contribution is -2.50. The van der Waals surface area contributed by atoms with Crippen molar-refractivity contribution in [3.8, 4) is 0 Å². The van der Waals surface area contributed by atoms with E-state index < -0.39 is 0 Å². The third kappa shape index (κ3) is 2.54. The van der Waals surface area contributed by atoms with E-state index in [-0.39, 0.29) is 11.9 Å². The molecule has 2 rings (SSSR count). The number of hydrogen-bond donors (Lipinski definition) is 1. The van der Waals surface area contributed by atoms with Gasteiger partial charge < -0.3 is 10.6 Å². The van der Waals surface area contributed by atoms with E-state index in [2.05, 4.69) is 24.0 Å². The highest BCUT2D eigenvalue weighted by molar-refractivity contribution is 5.78. The van der Waals surface area contributed by atoms with Gasteiger partial charge in [0.1, 0.15) is 0 Å². The van der Waals surface area contributed by atoms with E-state index in [9.17, 15) is 4.79 Å². The average molecular weight is 247 g/mol. The van der Waals surface area contributed by atoms with Crippen LogP contribution in [-0.4, -0.2) is 48.9 Å². The molecule has 1 unspecified atom stereocenters. The monoisotopic (exact) mass is 247 g/mol. The Labute approximate surface area is 108 Å². The summed E-state index contributed by atoms with van der Waals surface area (Å²) in [4.78, 5) is 15.7. The molecule has 1 amide bonds. The van der Waals surface area contributed by atoms with E-state index in [4.69, 9.17) is 5.73 Å². The minimum Gasteiger partial charge on any atom is -0.343 e. The maximum Gasteiger partial charge on any atom is 0.236 e. The molecule has 2 N–H and O–H groups in total. The lowest BCUT2D eigenvalue weighted by molar-refractivity contribution is -0.135. The number of nitrogens with two attached hydrogens (primary N) is 1. The van der Waals surface area contributed by atoms with Crippen molar-refractivity contribution in [1.29, 1.82) is 0 Å². The van der Waals surface area contributed by atoms with E-state index in [1.807, 2.05) is 19.2 Å².